The number of hydrogen-bond acceptors (Lipinski definition) is 6. The lowest BCUT2D eigenvalue weighted by atomic mass is 10.2. The smallest absolute Gasteiger partial charge is 0.359 e. The normalized spacial score (nSPS) is 10.4. The van der Waals surface area contributed by atoms with Crippen LogP contribution in [-0.2, 0) is 11.2 Å². The van der Waals surface area contributed by atoms with Crippen LogP contribution in [0.2, 0.25) is 0 Å². The Labute approximate surface area is 110 Å². The molecule has 0 saturated heterocycles. The van der Waals surface area contributed by atoms with Gasteiger partial charge in [0.25, 0.3) is 0 Å². The van der Waals surface area contributed by atoms with Crippen LogP contribution in [0.4, 0.5) is 5.82 Å². The number of aromatic nitrogens is 4. The average molecular weight is 261 g/mol. The van der Waals surface area contributed by atoms with E-state index in [1.807, 2.05) is 6.92 Å². The Bertz CT molecular complexity index is 579. The van der Waals surface area contributed by atoms with Crippen molar-refractivity contribution in [3.63, 3.8) is 0 Å². The van der Waals surface area contributed by atoms with E-state index in [1.165, 1.54) is 17.1 Å². The lowest BCUT2D eigenvalue weighted by Gasteiger charge is -2.01. The summed E-state index contributed by atoms with van der Waals surface area (Å²) in [6, 6.07) is 0. The molecule has 100 valence electrons. The summed E-state index contributed by atoms with van der Waals surface area (Å²) in [5.74, 6) is 0.366. The molecular formula is C12H15N5O2. The third-order valence-corrected chi connectivity index (χ3v) is 2.61. The number of carbonyl (C=O) groups is 1. The van der Waals surface area contributed by atoms with E-state index in [-0.39, 0.29) is 5.69 Å². The van der Waals surface area contributed by atoms with Gasteiger partial charge in [-0.05, 0) is 13.3 Å². The van der Waals surface area contributed by atoms with E-state index < -0.39 is 5.97 Å². The number of esters is 1. The second-order valence-corrected chi connectivity index (χ2v) is 3.76. The van der Waals surface area contributed by atoms with Gasteiger partial charge in [-0.15, -0.1) is 0 Å². The van der Waals surface area contributed by atoms with Crippen molar-refractivity contribution >= 4 is 11.8 Å². The molecule has 0 bridgehead atoms. The lowest BCUT2D eigenvalue weighted by molar-refractivity contribution is 0.0517. The standard InChI is InChI=1S/C12H15N5O2/c1-3-8-10(12(18)19-4-2)16-17(11(8)13)9-7-14-5-6-15-9/h5-7H,3-4,13H2,1-2H3. The van der Waals surface area contributed by atoms with Crippen LogP contribution in [0.15, 0.2) is 18.6 Å². The highest BCUT2D eigenvalue weighted by atomic mass is 16.5. The first kappa shape index (κ1) is 13.0. The summed E-state index contributed by atoms with van der Waals surface area (Å²) in [5, 5.41) is 4.18. The molecule has 0 fully saturated rings. The molecule has 0 aliphatic heterocycles. The molecule has 2 N–H and O–H groups in total. The van der Waals surface area contributed by atoms with E-state index in [0.29, 0.717) is 30.2 Å². The van der Waals surface area contributed by atoms with E-state index in [9.17, 15) is 4.79 Å². The molecular weight excluding hydrogens is 246 g/mol. The minimum absolute atomic E-state index is 0.229. The Kier molecular flexibility index (Phi) is 3.74. The number of hydrogen-bond donors (Lipinski definition) is 1. The Morgan fingerprint density at radius 1 is 1.42 bits per heavy atom. The first-order valence-corrected chi connectivity index (χ1v) is 5.99. The van der Waals surface area contributed by atoms with Crippen molar-refractivity contribution in [1.82, 2.24) is 19.7 Å². The monoisotopic (exact) mass is 261 g/mol. The predicted molar refractivity (Wildman–Crippen MR) is 68.9 cm³/mol. The zero-order valence-electron chi connectivity index (χ0n) is 10.8. The molecule has 0 radical (unpaired) electrons. The number of nitrogens with two attached hydrogens (primary N) is 1. The highest BCUT2D eigenvalue weighted by molar-refractivity contribution is 5.90. The maximum absolute atomic E-state index is 11.8. The molecule has 7 heteroatoms. The number of anilines is 1. The quantitative estimate of drug-likeness (QED) is 0.824. The molecule has 0 amide bonds. The van der Waals surface area contributed by atoms with Gasteiger partial charge >= 0.3 is 5.97 Å². The van der Waals surface area contributed by atoms with Crippen LogP contribution in [0.1, 0.15) is 29.9 Å². The van der Waals surface area contributed by atoms with Crippen molar-refractivity contribution < 1.29 is 9.53 Å². The Hall–Kier alpha value is -2.44. The third-order valence-electron chi connectivity index (χ3n) is 2.61. The highest BCUT2D eigenvalue weighted by Gasteiger charge is 2.22. The first-order chi connectivity index (χ1) is 9.19. The zero-order valence-corrected chi connectivity index (χ0v) is 10.8. The van der Waals surface area contributed by atoms with Crippen LogP contribution in [0, 0.1) is 0 Å². The van der Waals surface area contributed by atoms with Crippen LogP contribution < -0.4 is 5.73 Å². The molecule has 19 heavy (non-hydrogen) atoms. The van der Waals surface area contributed by atoms with E-state index in [4.69, 9.17) is 10.5 Å². The van der Waals surface area contributed by atoms with Gasteiger partial charge in [-0.2, -0.15) is 9.78 Å². The third kappa shape index (κ3) is 2.40. The van der Waals surface area contributed by atoms with Crippen LogP contribution >= 0.6 is 0 Å². The SMILES string of the molecule is CCOC(=O)c1nn(-c2cnccn2)c(N)c1CC. The van der Waals surface area contributed by atoms with E-state index in [0.717, 1.165) is 0 Å². The van der Waals surface area contributed by atoms with Gasteiger partial charge in [-0.3, -0.25) is 4.98 Å². The van der Waals surface area contributed by atoms with E-state index in [2.05, 4.69) is 15.1 Å². The maximum atomic E-state index is 11.8. The van der Waals surface area contributed by atoms with Gasteiger partial charge < -0.3 is 10.5 Å². The summed E-state index contributed by atoms with van der Waals surface area (Å²) in [7, 11) is 0. The van der Waals surface area contributed by atoms with Crippen LogP contribution in [0.25, 0.3) is 5.82 Å². The van der Waals surface area contributed by atoms with Gasteiger partial charge in [-0.25, -0.2) is 9.78 Å². The number of nitrogens with zero attached hydrogens (tertiary/aromatic N) is 4. The Balaban J connectivity index is 2.50. The van der Waals surface area contributed by atoms with Gasteiger partial charge in [0.15, 0.2) is 11.5 Å². The van der Waals surface area contributed by atoms with Crippen LogP contribution in [0.5, 0.6) is 0 Å². The van der Waals surface area contributed by atoms with Crippen LogP contribution in [0.3, 0.4) is 0 Å². The lowest BCUT2D eigenvalue weighted by Crippen LogP contribution is -2.08. The summed E-state index contributed by atoms with van der Waals surface area (Å²) >= 11 is 0. The average Bonchev–Trinajstić information content (AvgIpc) is 2.77. The highest BCUT2D eigenvalue weighted by Crippen LogP contribution is 2.21. The fourth-order valence-corrected chi connectivity index (χ4v) is 1.75. The molecule has 0 aliphatic rings. The van der Waals surface area contributed by atoms with Gasteiger partial charge in [-0.1, -0.05) is 6.92 Å². The minimum Gasteiger partial charge on any atom is -0.461 e. The second kappa shape index (κ2) is 5.47. The predicted octanol–water partition coefficient (Wildman–Crippen LogP) is 0.984. The second-order valence-electron chi connectivity index (χ2n) is 3.76. The van der Waals surface area contributed by atoms with Crippen molar-refractivity contribution in [2.75, 3.05) is 12.3 Å². The molecule has 0 aliphatic carbocycles. The molecule has 2 aromatic heterocycles. The fourth-order valence-electron chi connectivity index (χ4n) is 1.75. The van der Waals surface area contributed by atoms with Gasteiger partial charge in [0.2, 0.25) is 0 Å². The Morgan fingerprint density at radius 2 is 2.21 bits per heavy atom. The molecule has 0 unspecified atom stereocenters. The maximum Gasteiger partial charge on any atom is 0.359 e. The van der Waals surface area contributed by atoms with Crippen molar-refractivity contribution in [3.8, 4) is 5.82 Å². The molecule has 0 aromatic carbocycles. The van der Waals surface area contributed by atoms with E-state index in [1.54, 1.807) is 13.1 Å². The first-order valence-electron chi connectivity index (χ1n) is 5.99. The topological polar surface area (TPSA) is 95.9 Å². The van der Waals surface area contributed by atoms with Crippen molar-refractivity contribution in [2.24, 2.45) is 0 Å². The van der Waals surface area contributed by atoms with Gasteiger partial charge in [0.1, 0.15) is 5.82 Å². The van der Waals surface area contributed by atoms with E-state index >= 15 is 0 Å². The zero-order chi connectivity index (χ0) is 13.8. The Morgan fingerprint density at radius 3 is 2.79 bits per heavy atom. The van der Waals surface area contributed by atoms with Crippen LogP contribution in [-0.4, -0.2) is 32.3 Å². The summed E-state index contributed by atoms with van der Waals surface area (Å²) in [4.78, 5) is 19.9. The molecule has 2 rings (SSSR count). The fraction of sp³-hybridized carbons (Fsp3) is 0.333. The summed E-state index contributed by atoms with van der Waals surface area (Å²) in [6.07, 6.45) is 5.19. The van der Waals surface area contributed by atoms with Crippen molar-refractivity contribution in [2.45, 2.75) is 20.3 Å². The largest absolute Gasteiger partial charge is 0.461 e. The number of rotatable bonds is 4. The number of ether oxygens (including phenoxy) is 1. The molecule has 2 heterocycles. The van der Waals surface area contributed by atoms with Gasteiger partial charge in [0, 0.05) is 18.0 Å². The minimum atomic E-state index is -0.478. The van der Waals surface area contributed by atoms with Crippen molar-refractivity contribution in [3.05, 3.63) is 29.8 Å². The molecule has 0 atom stereocenters. The summed E-state index contributed by atoms with van der Waals surface area (Å²) in [5.41, 5.74) is 6.89. The van der Waals surface area contributed by atoms with Gasteiger partial charge in [0.05, 0.1) is 12.8 Å². The van der Waals surface area contributed by atoms with Crippen molar-refractivity contribution in [1.29, 1.82) is 0 Å². The number of carbonyl (C=O) groups excluding carboxylic acids is 1. The molecule has 0 spiro atoms. The molecule has 0 saturated carbocycles. The summed E-state index contributed by atoms with van der Waals surface area (Å²) < 4.78 is 6.37. The number of nitrogen functional groups attached to an aromatic ring is 1. The molecule has 2 aromatic rings. The molecule has 7 nitrogen and oxygen atoms in total. The summed E-state index contributed by atoms with van der Waals surface area (Å²) in [6.45, 7) is 3.93.